The van der Waals surface area contributed by atoms with Gasteiger partial charge in [0.2, 0.25) is 0 Å². The lowest BCUT2D eigenvalue weighted by Crippen LogP contribution is -2.07. The van der Waals surface area contributed by atoms with Crippen molar-refractivity contribution in [3.63, 3.8) is 0 Å². The van der Waals surface area contributed by atoms with E-state index in [4.69, 9.17) is 4.74 Å². The van der Waals surface area contributed by atoms with Crippen molar-refractivity contribution in [1.82, 2.24) is 9.55 Å². The molecule has 1 saturated carbocycles. The summed E-state index contributed by atoms with van der Waals surface area (Å²) in [7, 11) is 0. The van der Waals surface area contributed by atoms with Gasteiger partial charge in [0, 0.05) is 6.04 Å². The van der Waals surface area contributed by atoms with Gasteiger partial charge in [0.15, 0.2) is 0 Å². The lowest BCUT2D eigenvalue weighted by Gasteiger charge is -2.12. The Morgan fingerprint density at radius 1 is 1.50 bits per heavy atom. The second-order valence-electron chi connectivity index (χ2n) is 4.73. The van der Waals surface area contributed by atoms with Gasteiger partial charge in [0.05, 0.1) is 22.7 Å². The number of hydrogen-bond acceptors (Lipinski definition) is 3. The minimum atomic E-state index is -1.00. The molecule has 0 amide bonds. The van der Waals surface area contributed by atoms with Gasteiger partial charge in [-0.25, -0.2) is 9.78 Å². The van der Waals surface area contributed by atoms with Gasteiger partial charge >= 0.3 is 5.97 Å². The molecule has 0 spiro atoms. The third-order valence-electron chi connectivity index (χ3n) is 3.25. The minimum Gasteiger partial charge on any atom is -0.485 e. The average molecular weight is 337 g/mol. The van der Waals surface area contributed by atoms with E-state index in [-0.39, 0.29) is 5.56 Å². The van der Waals surface area contributed by atoms with E-state index in [0.29, 0.717) is 22.9 Å². The standard InChI is InChI=1S/C14H13BrN2O3/c15-12-3-1-2-11(14(18)19)13(12)20-7-10-6-16-8-17(10)9-4-5-9/h1-3,6,8-9H,4-5,7H2,(H,18,19). The Morgan fingerprint density at radius 3 is 3.00 bits per heavy atom. The van der Waals surface area contributed by atoms with Crippen molar-refractivity contribution in [2.24, 2.45) is 0 Å². The number of hydrogen-bond donors (Lipinski definition) is 1. The summed E-state index contributed by atoms with van der Waals surface area (Å²) in [6.07, 6.45) is 5.89. The molecule has 0 aliphatic heterocycles. The van der Waals surface area contributed by atoms with E-state index in [1.807, 2.05) is 0 Å². The Morgan fingerprint density at radius 2 is 2.30 bits per heavy atom. The monoisotopic (exact) mass is 336 g/mol. The van der Waals surface area contributed by atoms with Gasteiger partial charge in [-0.2, -0.15) is 0 Å². The fourth-order valence-corrected chi connectivity index (χ4v) is 2.58. The van der Waals surface area contributed by atoms with E-state index in [2.05, 4.69) is 25.5 Å². The molecular formula is C14H13BrN2O3. The molecule has 1 N–H and O–H groups in total. The van der Waals surface area contributed by atoms with Crippen LogP contribution in [0.5, 0.6) is 5.75 Å². The highest BCUT2D eigenvalue weighted by atomic mass is 79.9. The molecular weight excluding hydrogens is 324 g/mol. The molecule has 1 aliphatic rings. The Labute approximate surface area is 124 Å². The van der Waals surface area contributed by atoms with Gasteiger partial charge in [0.1, 0.15) is 17.9 Å². The maximum absolute atomic E-state index is 11.2. The van der Waals surface area contributed by atoms with Crippen LogP contribution in [0.15, 0.2) is 35.2 Å². The Balaban J connectivity index is 1.81. The molecule has 0 saturated heterocycles. The smallest absolute Gasteiger partial charge is 0.339 e. The summed E-state index contributed by atoms with van der Waals surface area (Å²) in [5.74, 6) is -0.652. The number of aromatic carboxylic acids is 1. The molecule has 3 rings (SSSR count). The largest absolute Gasteiger partial charge is 0.485 e. The van der Waals surface area contributed by atoms with Crippen LogP contribution in [-0.2, 0) is 6.61 Å². The molecule has 104 valence electrons. The van der Waals surface area contributed by atoms with E-state index in [0.717, 1.165) is 5.69 Å². The predicted molar refractivity (Wildman–Crippen MR) is 75.9 cm³/mol. The van der Waals surface area contributed by atoms with Crippen molar-refractivity contribution >= 4 is 21.9 Å². The summed E-state index contributed by atoms with van der Waals surface area (Å²) in [4.78, 5) is 15.3. The van der Waals surface area contributed by atoms with E-state index >= 15 is 0 Å². The van der Waals surface area contributed by atoms with Gasteiger partial charge in [-0.1, -0.05) is 6.07 Å². The fourth-order valence-electron chi connectivity index (χ4n) is 2.10. The Bertz CT molecular complexity index is 650. The number of ether oxygens (including phenoxy) is 1. The summed E-state index contributed by atoms with van der Waals surface area (Å²) in [6.45, 7) is 0.305. The first kappa shape index (κ1) is 13.2. The number of aromatic nitrogens is 2. The Hall–Kier alpha value is -1.82. The zero-order chi connectivity index (χ0) is 14.1. The van der Waals surface area contributed by atoms with E-state index in [1.54, 1.807) is 24.7 Å². The maximum atomic E-state index is 11.2. The fraction of sp³-hybridized carbons (Fsp3) is 0.286. The molecule has 20 heavy (non-hydrogen) atoms. The lowest BCUT2D eigenvalue weighted by atomic mass is 10.2. The van der Waals surface area contributed by atoms with Crippen molar-refractivity contribution in [1.29, 1.82) is 0 Å². The van der Waals surface area contributed by atoms with Crippen molar-refractivity contribution < 1.29 is 14.6 Å². The molecule has 6 heteroatoms. The number of imidazole rings is 1. The Kier molecular flexibility index (Phi) is 3.48. The summed E-state index contributed by atoms with van der Waals surface area (Å²) in [5, 5.41) is 9.18. The van der Waals surface area contributed by atoms with Gasteiger partial charge in [-0.05, 0) is 40.9 Å². The third-order valence-corrected chi connectivity index (χ3v) is 3.87. The molecule has 1 fully saturated rings. The highest BCUT2D eigenvalue weighted by Gasteiger charge is 2.25. The third kappa shape index (κ3) is 2.56. The summed E-state index contributed by atoms with van der Waals surface area (Å²) < 4.78 is 8.43. The van der Waals surface area contributed by atoms with Crippen LogP contribution in [-0.4, -0.2) is 20.6 Å². The molecule has 1 aromatic carbocycles. The van der Waals surface area contributed by atoms with Crippen LogP contribution < -0.4 is 4.74 Å². The highest BCUT2D eigenvalue weighted by molar-refractivity contribution is 9.10. The van der Waals surface area contributed by atoms with E-state index in [1.165, 1.54) is 18.9 Å². The second-order valence-corrected chi connectivity index (χ2v) is 5.59. The number of carboxylic acids is 1. The number of para-hydroxylation sites is 1. The molecule has 1 heterocycles. The van der Waals surface area contributed by atoms with Crippen molar-refractivity contribution in [2.45, 2.75) is 25.5 Å². The van der Waals surface area contributed by atoms with Gasteiger partial charge < -0.3 is 14.4 Å². The zero-order valence-corrected chi connectivity index (χ0v) is 12.2. The van der Waals surface area contributed by atoms with Gasteiger partial charge in [-0.15, -0.1) is 0 Å². The van der Waals surface area contributed by atoms with Crippen LogP contribution in [0, 0.1) is 0 Å². The molecule has 0 radical (unpaired) electrons. The topological polar surface area (TPSA) is 64.3 Å². The van der Waals surface area contributed by atoms with Crippen LogP contribution >= 0.6 is 15.9 Å². The zero-order valence-electron chi connectivity index (χ0n) is 10.6. The van der Waals surface area contributed by atoms with Crippen LogP contribution in [0.3, 0.4) is 0 Å². The number of nitrogens with zero attached hydrogens (tertiary/aromatic N) is 2. The van der Waals surface area contributed by atoms with Crippen molar-refractivity contribution in [3.05, 3.63) is 46.5 Å². The quantitative estimate of drug-likeness (QED) is 0.910. The summed E-state index contributed by atoms with van der Waals surface area (Å²) in [5.41, 5.74) is 1.11. The number of rotatable bonds is 5. The number of carboxylic acid groups (broad SMARTS) is 1. The first-order valence-electron chi connectivity index (χ1n) is 6.32. The van der Waals surface area contributed by atoms with Crippen LogP contribution in [0.4, 0.5) is 0 Å². The average Bonchev–Trinajstić information content (AvgIpc) is 3.16. The SMILES string of the molecule is O=C(O)c1cccc(Br)c1OCc1cncn1C1CC1. The normalized spacial score (nSPS) is 14.2. The van der Waals surface area contributed by atoms with Crippen LogP contribution in [0.25, 0.3) is 0 Å². The molecule has 1 aromatic heterocycles. The first-order valence-corrected chi connectivity index (χ1v) is 7.11. The number of carbonyl (C=O) groups is 1. The number of halogens is 1. The van der Waals surface area contributed by atoms with Crippen LogP contribution in [0.2, 0.25) is 0 Å². The molecule has 1 aliphatic carbocycles. The summed E-state index contributed by atoms with van der Waals surface area (Å²) >= 11 is 3.33. The van der Waals surface area contributed by atoms with Crippen molar-refractivity contribution in [2.75, 3.05) is 0 Å². The molecule has 0 unspecified atom stereocenters. The van der Waals surface area contributed by atoms with Gasteiger partial charge in [0.25, 0.3) is 0 Å². The molecule has 2 aromatic rings. The predicted octanol–water partition coefficient (Wildman–Crippen LogP) is 3.26. The maximum Gasteiger partial charge on any atom is 0.339 e. The highest BCUT2D eigenvalue weighted by Crippen LogP contribution is 2.36. The van der Waals surface area contributed by atoms with Crippen LogP contribution in [0.1, 0.15) is 34.9 Å². The lowest BCUT2D eigenvalue weighted by molar-refractivity contribution is 0.0691. The van der Waals surface area contributed by atoms with E-state index in [9.17, 15) is 9.90 Å². The first-order chi connectivity index (χ1) is 9.66. The van der Waals surface area contributed by atoms with Gasteiger partial charge in [-0.3, -0.25) is 0 Å². The second kappa shape index (κ2) is 5.28. The van der Waals surface area contributed by atoms with E-state index < -0.39 is 5.97 Å². The number of benzene rings is 1. The molecule has 0 bridgehead atoms. The van der Waals surface area contributed by atoms with Crippen molar-refractivity contribution in [3.8, 4) is 5.75 Å². The minimum absolute atomic E-state index is 0.150. The summed E-state index contributed by atoms with van der Waals surface area (Å²) in [6, 6.07) is 5.49. The molecule has 0 atom stereocenters. The molecule has 5 nitrogen and oxygen atoms in total.